The number of nitrogens with one attached hydrogen (secondary N) is 3. The second-order valence-electron chi connectivity index (χ2n) is 6.74. The summed E-state index contributed by atoms with van der Waals surface area (Å²) >= 11 is 6.10. The van der Waals surface area contributed by atoms with E-state index in [9.17, 15) is 4.79 Å². The van der Waals surface area contributed by atoms with Crippen LogP contribution in [0.5, 0.6) is 0 Å². The Morgan fingerprint density at radius 1 is 1.42 bits per heavy atom. The Balaban J connectivity index is 1.44. The highest BCUT2D eigenvalue weighted by molar-refractivity contribution is 6.33. The van der Waals surface area contributed by atoms with Gasteiger partial charge in [-0.05, 0) is 37.3 Å². The Morgan fingerprint density at radius 2 is 2.31 bits per heavy atom. The molecule has 2 aromatic heterocycles. The number of furan rings is 1. The molecule has 2 aromatic rings. The number of fused-ring (bicyclic) bond motifs is 1. The van der Waals surface area contributed by atoms with Crippen LogP contribution in [0.2, 0.25) is 5.02 Å². The summed E-state index contributed by atoms with van der Waals surface area (Å²) in [5, 5.41) is 12.1. The first-order valence-corrected chi connectivity index (χ1v) is 8.93. The summed E-state index contributed by atoms with van der Waals surface area (Å²) < 4.78 is 5.20. The van der Waals surface area contributed by atoms with Crippen molar-refractivity contribution in [1.82, 2.24) is 21.2 Å². The molecule has 4 atom stereocenters. The van der Waals surface area contributed by atoms with Crippen molar-refractivity contribution < 1.29 is 9.21 Å². The van der Waals surface area contributed by atoms with Gasteiger partial charge in [0.25, 0.3) is 5.91 Å². The van der Waals surface area contributed by atoms with Gasteiger partial charge < -0.3 is 9.73 Å². The lowest BCUT2D eigenvalue weighted by atomic mass is 9.77. The summed E-state index contributed by atoms with van der Waals surface area (Å²) in [6.07, 6.45) is 7.48. The first-order chi connectivity index (χ1) is 12.7. The summed E-state index contributed by atoms with van der Waals surface area (Å²) in [4.78, 5) is 16.6. The van der Waals surface area contributed by atoms with Crippen molar-refractivity contribution in [2.24, 2.45) is 5.92 Å². The zero-order valence-electron chi connectivity index (χ0n) is 13.9. The number of nitriles is 1. The second-order valence-corrected chi connectivity index (χ2v) is 7.15. The standard InChI is InChI=1S/C18H18ClN5O2/c19-14-5-10(7-20)8-21-17(14)18(25)22-12-1-2-15-13(6-12)16(24-23-15)11-3-4-26-9-11/h3-5,8-9,12-13,15-16,23-24H,1-2,6H2,(H,22,25). The molecule has 1 aliphatic carbocycles. The number of carbonyl (C=O) groups is 1. The van der Waals surface area contributed by atoms with Crippen molar-refractivity contribution in [3.05, 3.63) is 52.7 Å². The predicted octanol–water partition coefficient (Wildman–Crippen LogP) is 2.32. The number of hydrazine groups is 1. The van der Waals surface area contributed by atoms with E-state index in [2.05, 4.69) is 21.2 Å². The van der Waals surface area contributed by atoms with Crippen molar-refractivity contribution in [3.63, 3.8) is 0 Å². The van der Waals surface area contributed by atoms with Crippen LogP contribution in [0.1, 0.15) is 46.9 Å². The van der Waals surface area contributed by atoms with Crippen LogP contribution in [0.25, 0.3) is 0 Å². The average molecular weight is 372 g/mol. The quantitative estimate of drug-likeness (QED) is 0.765. The van der Waals surface area contributed by atoms with Gasteiger partial charge in [-0.15, -0.1) is 0 Å². The number of pyridine rings is 1. The van der Waals surface area contributed by atoms with Gasteiger partial charge in [0.05, 0.1) is 29.2 Å². The van der Waals surface area contributed by atoms with E-state index in [1.165, 1.54) is 12.3 Å². The molecule has 134 valence electrons. The first kappa shape index (κ1) is 17.0. The first-order valence-electron chi connectivity index (χ1n) is 8.55. The molecule has 3 heterocycles. The van der Waals surface area contributed by atoms with Crippen molar-refractivity contribution in [3.8, 4) is 6.07 Å². The van der Waals surface area contributed by atoms with Crippen molar-refractivity contribution in [1.29, 1.82) is 5.26 Å². The third kappa shape index (κ3) is 3.19. The van der Waals surface area contributed by atoms with Crippen LogP contribution in [0, 0.1) is 17.2 Å². The van der Waals surface area contributed by atoms with Gasteiger partial charge in [-0.3, -0.25) is 10.2 Å². The number of amides is 1. The number of halogens is 1. The van der Waals surface area contributed by atoms with Gasteiger partial charge in [-0.1, -0.05) is 11.6 Å². The fourth-order valence-electron chi connectivity index (χ4n) is 3.89. The third-order valence-corrected chi connectivity index (χ3v) is 5.46. The van der Waals surface area contributed by atoms with Crippen LogP contribution >= 0.6 is 11.6 Å². The van der Waals surface area contributed by atoms with Crippen LogP contribution < -0.4 is 16.2 Å². The van der Waals surface area contributed by atoms with Crippen LogP contribution in [0.15, 0.2) is 35.3 Å². The molecule has 4 rings (SSSR count). The van der Waals surface area contributed by atoms with E-state index < -0.39 is 0 Å². The minimum Gasteiger partial charge on any atom is -0.472 e. The summed E-state index contributed by atoms with van der Waals surface area (Å²) in [6, 6.07) is 5.97. The molecule has 3 N–H and O–H groups in total. The molecule has 1 saturated carbocycles. The van der Waals surface area contributed by atoms with Gasteiger partial charge >= 0.3 is 0 Å². The Morgan fingerprint density at radius 3 is 3.04 bits per heavy atom. The van der Waals surface area contributed by atoms with Crippen LogP contribution in [0.4, 0.5) is 0 Å². The maximum Gasteiger partial charge on any atom is 0.271 e. The van der Waals surface area contributed by atoms with Gasteiger partial charge in [0.15, 0.2) is 0 Å². The van der Waals surface area contributed by atoms with E-state index in [1.54, 1.807) is 12.5 Å². The molecule has 2 aliphatic rings. The molecule has 1 saturated heterocycles. The van der Waals surface area contributed by atoms with E-state index in [1.807, 2.05) is 12.1 Å². The molecular weight excluding hydrogens is 354 g/mol. The lowest BCUT2D eigenvalue weighted by Crippen LogP contribution is -2.44. The summed E-state index contributed by atoms with van der Waals surface area (Å²) in [7, 11) is 0. The second kappa shape index (κ2) is 7.08. The van der Waals surface area contributed by atoms with E-state index in [-0.39, 0.29) is 28.7 Å². The molecule has 0 radical (unpaired) electrons. The molecule has 0 bridgehead atoms. The van der Waals surface area contributed by atoms with Crippen LogP contribution in [0.3, 0.4) is 0 Å². The molecule has 26 heavy (non-hydrogen) atoms. The maximum absolute atomic E-state index is 12.5. The minimum absolute atomic E-state index is 0.0494. The number of rotatable bonds is 3. The number of aromatic nitrogens is 1. The van der Waals surface area contributed by atoms with Crippen molar-refractivity contribution in [2.45, 2.75) is 37.4 Å². The Bertz CT molecular complexity index is 848. The lowest BCUT2D eigenvalue weighted by Gasteiger charge is -2.33. The Labute approximate surface area is 155 Å². The topological polar surface area (TPSA) is 103 Å². The molecule has 1 amide bonds. The molecule has 8 heteroatoms. The highest BCUT2D eigenvalue weighted by atomic mass is 35.5. The zero-order chi connectivity index (χ0) is 18.1. The molecule has 2 fully saturated rings. The maximum atomic E-state index is 12.5. The summed E-state index contributed by atoms with van der Waals surface area (Å²) in [5.74, 6) is 0.0535. The van der Waals surface area contributed by atoms with E-state index >= 15 is 0 Å². The van der Waals surface area contributed by atoms with Crippen molar-refractivity contribution >= 4 is 17.5 Å². The van der Waals surface area contributed by atoms with Crippen LogP contribution in [-0.2, 0) is 0 Å². The normalized spacial score (nSPS) is 27.5. The summed E-state index contributed by atoms with van der Waals surface area (Å²) in [6.45, 7) is 0. The van der Waals surface area contributed by atoms with Crippen LogP contribution in [-0.4, -0.2) is 23.0 Å². The largest absolute Gasteiger partial charge is 0.472 e. The predicted molar refractivity (Wildman–Crippen MR) is 94.1 cm³/mol. The Kier molecular flexibility index (Phi) is 4.64. The number of nitrogens with zero attached hydrogens (tertiary/aromatic N) is 2. The average Bonchev–Trinajstić information content (AvgIpc) is 3.30. The number of carbonyl (C=O) groups excluding carboxylic acids is 1. The van der Waals surface area contributed by atoms with Gasteiger partial charge in [0.2, 0.25) is 0 Å². The van der Waals surface area contributed by atoms with E-state index in [0.29, 0.717) is 17.5 Å². The molecule has 1 aliphatic heterocycles. The SMILES string of the molecule is N#Cc1cnc(C(=O)NC2CCC3NNC(c4ccoc4)C3C2)c(Cl)c1. The van der Waals surface area contributed by atoms with E-state index in [4.69, 9.17) is 21.3 Å². The monoisotopic (exact) mass is 371 g/mol. The minimum atomic E-state index is -0.304. The molecule has 4 unspecified atom stereocenters. The fraction of sp³-hybridized carbons (Fsp3) is 0.389. The van der Waals surface area contributed by atoms with Gasteiger partial charge in [0.1, 0.15) is 11.8 Å². The Hall–Kier alpha value is -2.40. The molecular formula is C18H18ClN5O2. The van der Waals surface area contributed by atoms with E-state index in [0.717, 1.165) is 24.8 Å². The third-order valence-electron chi connectivity index (χ3n) is 5.17. The van der Waals surface area contributed by atoms with Gasteiger partial charge in [0, 0.05) is 23.8 Å². The van der Waals surface area contributed by atoms with Crippen molar-refractivity contribution in [2.75, 3.05) is 0 Å². The zero-order valence-corrected chi connectivity index (χ0v) is 14.7. The number of hydrogen-bond donors (Lipinski definition) is 3. The number of hydrogen-bond acceptors (Lipinski definition) is 6. The highest BCUT2D eigenvalue weighted by Gasteiger charge is 2.41. The molecule has 0 aromatic carbocycles. The summed E-state index contributed by atoms with van der Waals surface area (Å²) in [5.41, 5.74) is 8.29. The lowest BCUT2D eigenvalue weighted by molar-refractivity contribution is 0.0910. The smallest absolute Gasteiger partial charge is 0.271 e. The molecule has 7 nitrogen and oxygen atoms in total. The van der Waals surface area contributed by atoms with Gasteiger partial charge in [-0.2, -0.15) is 5.26 Å². The highest BCUT2D eigenvalue weighted by Crippen LogP contribution is 2.38. The molecule has 0 spiro atoms. The van der Waals surface area contributed by atoms with Gasteiger partial charge in [-0.25, -0.2) is 10.4 Å². The fourth-order valence-corrected chi connectivity index (χ4v) is 4.14.